The van der Waals surface area contributed by atoms with Crippen molar-refractivity contribution in [2.45, 2.75) is 78.0 Å². The first-order valence-corrected chi connectivity index (χ1v) is 11.7. The van der Waals surface area contributed by atoms with Crippen LogP contribution in [0.1, 0.15) is 65.5 Å². The van der Waals surface area contributed by atoms with E-state index in [1.807, 2.05) is 39.5 Å². The number of nitrogen functional groups attached to an aromatic ring is 1. The van der Waals surface area contributed by atoms with Gasteiger partial charge >= 0.3 is 11.8 Å². The van der Waals surface area contributed by atoms with E-state index in [0.29, 0.717) is 34.5 Å². The molecule has 0 unspecified atom stereocenters. The first kappa shape index (κ1) is 24.1. The Balaban J connectivity index is 1.68. The standard InChI is InChI=1S/C24H34FN5O4/c1-13-18-16(20(31)30(26)22(33)29(18)15-7-8-15)11-17(25)19(13)28-10-9-14(12-28)24(5,6)27-21(32)34-23(2,3)4/h11,14-15H,7-10,12,26H2,1-6H3,(H,27,32)/t14-/m1/s1. The third kappa shape index (κ3) is 4.25. The van der Waals surface area contributed by atoms with Gasteiger partial charge in [0.15, 0.2) is 0 Å². The molecule has 2 aromatic rings. The van der Waals surface area contributed by atoms with Crippen molar-refractivity contribution in [3.05, 3.63) is 38.3 Å². The summed E-state index contributed by atoms with van der Waals surface area (Å²) in [5, 5.41) is 3.06. The summed E-state index contributed by atoms with van der Waals surface area (Å²) in [5.41, 5.74) is -1.09. The number of aryl methyl sites for hydroxylation is 1. The molecule has 1 atom stereocenters. The second kappa shape index (κ2) is 8.02. The summed E-state index contributed by atoms with van der Waals surface area (Å²) in [6.07, 6.45) is 1.88. The van der Waals surface area contributed by atoms with E-state index in [1.165, 1.54) is 10.6 Å². The van der Waals surface area contributed by atoms with Gasteiger partial charge in [0.25, 0.3) is 5.56 Å². The van der Waals surface area contributed by atoms with Crippen molar-refractivity contribution in [2.75, 3.05) is 23.8 Å². The van der Waals surface area contributed by atoms with Gasteiger partial charge in [0.2, 0.25) is 0 Å². The number of nitrogens with one attached hydrogen (secondary N) is 1. The topological polar surface area (TPSA) is 112 Å². The number of fused-ring (bicyclic) bond motifs is 1. The predicted molar refractivity (Wildman–Crippen MR) is 129 cm³/mol. The number of carbonyl (C=O) groups is 1. The Hall–Kier alpha value is -3.04. The molecule has 1 aliphatic carbocycles. The Morgan fingerprint density at radius 2 is 1.82 bits per heavy atom. The van der Waals surface area contributed by atoms with Gasteiger partial charge in [-0.1, -0.05) is 0 Å². The molecule has 1 saturated carbocycles. The highest BCUT2D eigenvalue weighted by Gasteiger charge is 2.39. The Morgan fingerprint density at radius 1 is 1.18 bits per heavy atom. The monoisotopic (exact) mass is 475 g/mol. The molecule has 1 amide bonds. The maximum absolute atomic E-state index is 15.4. The minimum atomic E-state index is -0.701. The lowest BCUT2D eigenvalue weighted by Gasteiger charge is -2.34. The molecule has 9 nitrogen and oxygen atoms in total. The summed E-state index contributed by atoms with van der Waals surface area (Å²) in [5.74, 6) is 5.22. The second-order valence-electron chi connectivity index (χ2n) is 11.1. The van der Waals surface area contributed by atoms with Crippen LogP contribution in [0.15, 0.2) is 15.7 Å². The average molecular weight is 476 g/mol. The summed E-state index contributed by atoms with van der Waals surface area (Å²) in [6, 6.07) is 1.16. The zero-order valence-electron chi connectivity index (χ0n) is 20.7. The third-order valence-electron chi connectivity index (χ3n) is 6.83. The highest BCUT2D eigenvalue weighted by molar-refractivity contribution is 5.87. The predicted octanol–water partition coefficient (Wildman–Crippen LogP) is 2.79. The number of benzene rings is 1. The van der Waals surface area contributed by atoms with E-state index in [2.05, 4.69) is 5.32 Å². The smallest absolute Gasteiger partial charge is 0.408 e. The van der Waals surface area contributed by atoms with Crippen LogP contribution in [0.2, 0.25) is 0 Å². The number of alkyl carbamates (subject to hydrolysis) is 1. The molecule has 186 valence electrons. The number of anilines is 1. The van der Waals surface area contributed by atoms with Crippen molar-refractivity contribution in [2.24, 2.45) is 5.92 Å². The van der Waals surface area contributed by atoms with Crippen molar-refractivity contribution in [1.82, 2.24) is 14.6 Å². The highest BCUT2D eigenvalue weighted by atomic mass is 19.1. The van der Waals surface area contributed by atoms with Crippen molar-refractivity contribution < 1.29 is 13.9 Å². The van der Waals surface area contributed by atoms with Gasteiger partial charge in [-0.3, -0.25) is 9.36 Å². The SMILES string of the molecule is Cc1c(N2CC[C@@H](C(C)(C)NC(=O)OC(C)(C)C)C2)c(F)cc2c(=O)n(N)c(=O)n(C3CC3)c12. The van der Waals surface area contributed by atoms with Crippen molar-refractivity contribution >= 4 is 22.7 Å². The van der Waals surface area contributed by atoms with E-state index >= 15 is 4.39 Å². The number of amides is 1. The molecule has 10 heteroatoms. The van der Waals surface area contributed by atoms with E-state index in [1.54, 1.807) is 6.92 Å². The third-order valence-corrected chi connectivity index (χ3v) is 6.83. The van der Waals surface area contributed by atoms with Gasteiger partial charge in [-0.15, -0.1) is 0 Å². The molecule has 4 rings (SSSR count). The zero-order valence-corrected chi connectivity index (χ0v) is 20.7. The summed E-state index contributed by atoms with van der Waals surface area (Å²) in [7, 11) is 0. The molecule has 0 radical (unpaired) electrons. The molecule has 0 spiro atoms. The molecule has 3 N–H and O–H groups in total. The Kier molecular flexibility index (Phi) is 5.69. The maximum Gasteiger partial charge on any atom is 0.408 e. The first-order chi connectivity index (χ1) is 15.7. The number of halogens is 1. The Morgan fingerprint density at radius 3 is 2.41 bits per heavy atom. The number of nitrogens with zero attached hydrogens (tertiary/aromatic N) is 3. The number of rotatable bonds is 4. The van der Waals surface area contributed by atoms with Gasteiger partial charge in [-0.2, -0.15) is 4.68 Å². The highest BCUT2D eigenvalue weighted by Crippen LogP contribution is 2.40. The minimum Gasteiger partial charge on any atom is -0.444 e. The molecular formula is C24H34FN5O4. The van der Waals surface area contributed by atoms with Crippen molar-refractivity contribution in [3.8, 4) is 0 Å². The first-order valence-electron chi connectivity index (χ1n) is 11.7. The lowest BCUT2D eigenvalue weighted by atomic mass is 9.87. The normalized spacial score (nSPS) is 19.0. The fourth-order valence-electron chi connectivity index (χ4n) is 4.94. The molecule has 2 fully saturated rings. The van der Waals surface area contributed by atoms with E-state index in [0.717, 1.165) is 19.3 Å². The largest absolute Gasteiger partial charge is 0.444 e. The zero-order chi connectivity index (χ0) is 25.2. The summed E-state index contributed by atoms with van der Waals surface area (Å²) in [4.78, 5) is 39.7. The van der Waals surface area contributed by atoms with Gasteiger partial charge in [0, 0.05) is 36.2 Å². The number of hydrogen-bond acceptors (Lipinski definition) is 6. The summed E-state index contributed by atoms with van der Waals surface area (Å²) >= 11 is 0. The number of nitrogens with two attached hydrogens (primary N) is 1. The molecule has 34 heavy (non-hydrogen) atoms. The molecule has 0 bridgehead atoms. The lowest BCUT2D eigenvalue weighted by Crippen LogP contribution is -2.51. The van der Waals surface area contributed by atoms with Crippen LogP contribution >= 0.6 is 0 Å². The van der Waals surface area contributed by atoms with Crippen LogP contribution < -0.4 is 27.3 Å². The van der Waals surface area contributed by atoms with Crippen molar-refractivity contribution in [1.29, 1.82) is 0 Å². The van der Waals surface area contributed by atoms with Crippen LogP contribution in [-0.4, -0.2) is 39.6 Å². The molecule has 1 aromatic carbocycles. The maximum atomic E-state index is 15.4. The Labute approximate surface area is 197 Å². The van der Waals surface area contributed by atoms with Crippen LogP contribution in [0.25, 0.3) is 10.9 Å². The van der Waals surface area contributed by atoms with Crippen LogP contribution in [0.4, 0.5) is 14.9 Å². The van der Waals surface area contributed by atoms with E-state index in [4.69, 9.17) is 10.6 Å². The van der Waals surface area contributed by atoms with Gasteiger partial charge in [-0.05, 0) is 66.9 Å². The fourth-order valence-corrected chi connectivity index (χ4v) is 4.94. The summed E-state index contributed by atoms with van der Waals surface area (Å²) < 4.78 is 22.9. The number of ether oxygens (including phenoxy) is 1. The van der Waals surface area contributed by atoms with Crippen LogP contribution in [0, 0.1) is 18.7 Å². The minimum absolute atomic E-state index is 0.0364. The molecular weight excluding hydrogens is 441 g/mol. The van der Waals surface area contributed by atoms with Gasteiger partial charge in [-0.25, -0.2) is 14.0 Å². The quantitative estimate of drug-likeness (QED) is 0.658. The van der Waals surface area contributed by atoms with Gasteiger partial charge in [0.05, 0.1) is 16.6 Å². The van der Waals surface area contributed by atoms with Gasteiger partial charge in [0.1, 0.15) is 11.4 Å². The number of carbonyl (C=O) groups excluding carboxylic acids is 1. The lowest BCUT2D eigenvalue weighted by molar-refractivity contribution is 0.0442. The number of hydrogen-bond donors (Lipinski definition) is 2. The molecule has 2 heterocycles. The number of aromatic nitrogens is 2. The molecule has 2 aliphatic rings. The summed E-state index contributed by atoms with van der Waals surface area (Å²) in [6.45, 7) is 12.1. The molecule has 1 aliphatic heterocycles. The second-order valence-corrected chi connectivity index (χ2v) is 11.1. The van der Waals surface area contributed by atoms with E-state index in [9.17, 15) is 14.4 Å². The molecule has 1 saturated heterocycles. The fraction of sp³-hybridized carbons (Fsp3) is 0.625. The van der Waals surface area contributed by atoms with E-state index in [-0.39, 0.29) is 17.3 Å². The van der Waals surface area contributed by atoms with Gasteiger partial charge < -0.3 is 20.8 Å². The van der Waals surface area contributed by atoms with Crippen LogP contribution in [0.3, 0.4) is 0 Å². The van der Waals surface area contributed by atoms with Crippen LogP contribution in [-0.2, 0) is 4.74 Å². The average Bonchev–Trinajstić information content (AvgIpc) is 3.41. The Bertz CT molecular complexity index is 1270. The van der Waals surface area contributed by atoms with Crippen LogP contribution in [0.5, 0.6) is 0 Å². The molecule has 1 aromatic heterocycles. The van der Waals surface area contributed by atoms with Crippen molar-refractivity contribution in [3.63, 3.8) is 0 Å². The van der Waals surface area contributed by atoms with E-state index < -0.39 is 34.3 Å².